The summed E-state index contributed by atoms with van der Waals surface area (Å²) < 4.78 is 3.63. The van der Waals surface area contributed by atoms with Crippen LogP contribution < -0.4 is 4.68 Å². The van der Waals surface area contributed by atoms with Crippen LogP contribution in [0.2, 0.25) is 0 Å². The van der Waals surface area contributed by atoms with Gasteiger partial charge in [-0.15, -0.1) is 16.0 Å². The van der Waals surface area contributed by atoms with E-state index in [9.17, 15) is 4.79 Å². The number of carbonyl (C=O) groups excluding carboxylic acids is 1. The Balaban J connectivity index is 1.62. The topological polar surface area (TPSA) is 83.6 Å². The average molecular weight is 409 g/mol. The monoisotopic (exact) mass is 408 g/mol. The molecule has 0 fully saturated rings. The Morgan fingerprint density at radius 1 is 1.28 bits per heavy atom. The summed E-state index contributed by atoms with van der Waals surface area (Å²) in [6.45, 7) is 4.90. The van der Waals surface area contributed by atoms with Crippen LogP contribution in [-0.4, -0.2) is 35.7 Å². The number of aromatic amines is 1. The first-order valence-electron chi connectivity index (χ1n) is 9.21. The molecule has 0 aliphatic carbocycles. The van der Waals surface area contributed by atoms with E-state index in [2.05, 4.69) is 20.2 Å². The molecular formula is C20H22N7OS+. The van der Waals surface area contributed by atoms with E-state index in [1.165, 1.54) is 11.3 Å². The van der Waals surface area contributed by atoms with Crippen molar-refractivity contribution in [3.8, 4) is 5.82 Å². The van der Waals surface area contributed by atoms with Crippen LogP contribution in [-0.2, 0) is 20.1 Å². The predicted octanol–water partition coefficient (Wildman–Crippen LogP) is 2.34. The third kappa shape index (κ3) is 3.95. The summed E-state index contributed by atoms with van der Waals surface area (Å²) in [7, 11) is 1.92. The van der Waals surface area contributed by atoms with Crippen LogP contribution in [0.15, 0.2) is 48.4 Å². The van der Waals surface area contributed by atoms with E-state index in [1.807, 2.05) is 55.5 Å². The Hall–Kier alpha value is -3.33. The maximum Gasteiger partial charge on any atom is 0.346 e. The van der Waals surface area contributed by atoms with Crippen molar-refractivity contribution in [2.75, 3.05) is 0 Å². The number of rotatable bonds is 6. The molecule has 1 amide bonds. The van der Waals surface area contributed by atoms with Crippen molar-refractivity contribution in [2.45, 2.75) is 26.9 Å². The quantitative estimate of drug-likeness (QED) is 0.497. The molecule has 1 N–H and O–H groups in total. The zero-order chi connectivity index (χ0) is 20.4. The minimum Gasteiger partial charge on any atom is -0.327 e. The second-order valence-corrected chi connectivity index (χ2v) is 7.75. The second kappa shape index (κ2) is 7.96. The molecule has 8 nitrogen and oxygen atoms in total. The van der Waals surface area contributed by atoms with Gasteiger partial charge in [0.2, 0.25) is 0 Å². The number of nitrogens with one attached hydrogen (secondary N) is 1. The van der Waals surface area contributed by atoms with Gasteiger partial charge in [-0.25, -0.2) is 10.1 Å². The van der Waals surface area contributed by atoms with Crippen LogP contribution in [0.4, 0.5) is 0 Å². The number of pyridine rings is 1. The molecule has 0 radical (unpaired) electrons. The summed E-state index contributed by atoms with van der Waals surface area (Å²) >= 11 is 1.54. The van der Waals surface area contributed by atoms with E-state index in [0.29, 0.717) is 18.7 Å². The molecule has 0 aliphatic rings. The van der Waals surface area contributed by atoms with Gasteiger partial charge in [0.1, 0.15) is 11.2 Å². The number of nitrogens with zero attached hydrogens (tertiary/aromatic N) is 6. The first-order chi connectivity index (χ1) is 14.0. The summed E-state index contributed by atoms with van der Waals surface area (Å²) in [5.41, 5.74) is 3.58. The molecule has 9 heteroatoms. The molecule has 0 atom stereocenters. The third-order valence-corrected chi connectivity index (χ3v) is 5.66. The number of hydrogen-bond donors (Lipinski definition) is 1. The van der Waals surface area contributed by atoms with E-state index in [-0.39, 0.29) is 5.91 Å². The van der Waals surface area contributed by atoms with E-state index in [0.717, 1.165) is 27.8 Å². The highest BCUT2D eigenvalue weighted by Crippen LogP contribution is 2.19. The molecule has 0 aliphatic heterocycles. The van der Waals surface area contributed by atoms with Crippen molar-refractivity contribution >= 4 is 17.2 Å². The second-order valence-electron chi connectivity index (χ2n) is 6.77. The molecule has 0 bridgehead atoms. The average Bonchev–Trinajstić information content (AvgIpc) is 3.47. The molecule has 0 saturated carbocycles. The highest BCUT2D eigenvalue weighted by atomic mass is 32.1. The summed E-state index contributed by atoms with van der Waals surface area (Å²) in [5.74, 6) is 0.635. The van der Waals surface area contributed by atoms with E-state index < -0.39 is 0 Å². The fourth-order valence-electron chi connectivity index (χ4n) is 3.21. The van der Waals surface area contributed by atoms with Gasteiger partial charge in [-0.05, 0) is 31.0 Å². The number of carbonyl (C=O) groups is 1. The van der Waals surface area contributed by atoms with Gasteiger partial charge in [0.25, 0.3) is 5.91 Å². The lowest BCUT2D eigenvalue weighted by Crippen LogP contribution is -2.33. The first kappa shape index (κ1) is 19.0. The van der Waals surface area contributed by atoms with Crippen molar-refractivity contribution in [2.24, 2.45) is 7.05 Å². The third-order valence-electron chi connectivity index (χ3n) is 4.89. The SMILES string of the molecule is Cc1nn(C)c(C)c1CN(Cc1nccs1)C(=O)c1ccc(-[n+]2ccc[nH]2)nc1. The number of aromatic nitrogens is 6. The van der Waals surface area contributed by atoms with Crippen molar-refractivity contribution in [1.82, 2.24) is 29.7 Å². The predicted molar refractivity (Wildman–Crippen MR) is 108 cm³/mol. The number of hydrogen-bond acceptors (Lipinski definition) is 5. The van der Waals surface area contributed by atoms with E-state index in [1.54, 1.807) is 28.0 Å². The molecule has 4 rings (SSSR count). The first-order valence-corrected chi connectivity index (χ1v) is 10.1. The molecule has 29 heavy (non-hydrogen) atoms. The molecule has 0 spiro atoms. The minimum atomic E-state index is -0.0848. The Kier molecular flexibility index (Phi) is 5.22. The largest absolute Gasteiger partial charge is 0.346 e. The maximum atomic E-state index is 13.3. The lowest BCUT2D eigenvalue weighted by Gasteiger charge is -2.21. The summed E-state index contributed by atoms with van der Waals surface area (Å²) in [4.78, 5) is 23.9. The maximum absolute atomic E-state index is 13.3. The zero-order valence-corrected chi connectivity index (χ0v) is 17.3. The number of H-pyrrole nitrogens is 1. The van der Waals surface area contributed by atoms with Gasteiger partial charge in [-0.3, -0.25) is 9.48 Å². The normalized spacial score (nSPS) is 11.0. The fraction of sp³-hybridized carbons (Fsp3) is 0.250. The van der Waals surface area contributed by atoms with Crippen molar-refractivity contribution in [1.29, 1.82) is 0 Å². The van der Waals surface area contributed by atoms with Gasteiger partial charge < -0.3 is 4.90 Å². The Morgan fingerprint density at radius 3 is 2.72 bits per heavy atom. The van der Waals surface area contributed by atoms with Gasteiger partial charge in [-0.2, -0.15) is 5.10 Å². The van der Waals surface area contributed by atoms with E-state index in [4.69, 9.17) is 0 Å². The van der Waals surface area contributed by atoms with Crippen LogP contribution in [0, 0.1) is 13.8 Å². The molecule has 0 saturated heterocycles. The van der Waals surface area contributed by atoms with Gasteiger partial charge in [0.05, 0.1) is 24.3 Å². The highest BCUT2D eigenvalue weighted by molar-refractivity contribution is 7.09. The van der Waals surface area contributed by atoms with Crippen LogP contribution in [0.25, 0.3) is 5.82 Å². The van der Waals surface area contributed by atoms with Crippen molar-refractivity contribution < 1.29 is 9.48 Å². The molecule has 148 valence electrons. The standard InChI is InChI=1S/C20H21N7OS/c1-14-17(15(2)25(3)24-14)12-26(13-19-21-8-10-29-19)20(28)16-5-6-18(22-11-16)27-9-4-7-23-27/h4-11H,12-13H2,1-3H3/p+1. The molecule has 0 aromatic carbocycles. The smallest absolute Gasteiger partial charge is 0.327 e. The van der Waals surface area contributed by atoms with E-state index >= 15 is 0 Å². The number of amides is 1. The Bertz CT molecular complexity index is 1100. The lowest BCUT2D eigenvalue weighted by molar-refractivity contribution is -0.658. The minimum absolute atomic E-state index is 0.0848. The van der Waals surface area contributed by atoms with Crippen molar-refractivity contribution in [3.05, 3.63) is 75.9 Å². The van der Waals surface area contributed by atoms with Crippen LogP contribution in [0.5, 0.6) is 0 Å². The van der Waals surface area contributed by atoms with Gasteiger partial charge in [0.15, 0.2) is 6.20 Å². The Labute approximate surface area is 172 Å². The highest BCUT2D eigenvalue weighted by Gasteiger charge is 2.23. The summed E-state index contributed by atoms with van der Waals surface area (Å²) in [6.07, 6.45) is 7.05. The van der Waals surface area contributed by atoms with Gasteiger partial charge in [0, 0.05) is 42.1 Å². The molecular weight excluding hydrogens is 386 g/mol. The number of thiazole rings is 1. The molecule has 4 aromatic rings. The Morgan fingerprint density at radius 2 is 2.14 bits per heavy atom. The van der Waals surface area contributed by atoms with Crippen molar-refractivity contribution in [3.63, 3.8) is 0 Å². The number of aryl methyl sites for hydroxylation is 2. The molecule has 0 unspecified atom stereocenters. The van der Waals surface area contributed by atoms with Crippen LogP contribution in [0.3, 0.4) is 0 Å². The summed E-state index contributed by atoms with van der Waals surface area (Å²) in [6, 6.07) is 5.51. The zero-order valence-electron chi connectivity index (χ0n) is 16.5. The lowest BCUT2D eigenvalue weighted by atomic mass is 10.1. The van der Waals surface area contributed by atoms with Crippen LogP contribution >= 0.6 is 11.3 Å². The van der Waals surface area contributed by atoms with Crippen LogP contribution in [0.1, 0.15) is 32.3 Å². The molecule has 4 aromatic heterocycles. The fourth-order valence-corrected chi connectivity index (χ4v) is 3.84. The summed E-state index contributed by atoms with van der Waals surface area (Å²) in [5, 5.41) is 10.3. The van der Waals surface area contributed by atoms with Gasteiger partial charge >= 0.3 is 5.82 Å². The molecule has 4 heterocycles. The van der Waals surface area contributed by atoms with Gasteiger partial charge in [-0.1, -0.05) is 0 Å².